The third kappa shape index (κ3) is 7.48. The van der Waals surface area contributed by atoms with Crippen LogP contribution in [-0.2, 0) is 26.2 Å². The van der Waals surface area contributed by atoms with Crippen LogP contribution in [0.5, 0.6) is 11.5 Å². The van der Waals surface area contributed by atoms with Gasteiger partial charge in [-0.1, -0.05) is 62.2 Å². The van der Waals surface area contributed by atoms with Gasteiger partial charge in [0.2, 0.25) is 11.8 Å². The minimum atomic E-state index is -4.19. The lowest BCUT2D eigenvalue weighted by molar-refractivity contribution is -0.140. The van der Waals surface area contributed by atoms with Gasteiger partial charge >= 0.3 is 0 Å². The fraction of sp³-hybridized carbons (Fsp3) is 0.394. The molecule has 230 valence electrons. The van der Waals surface area contributed by atoms with Crippen LogP contribution in [0.3, 0.4) is 0 Å². The SMILES string of the molecule is CC[C@H](C(=O)NC1CCCC1)N(Cc1ccccc1C)C(=O)CN(c1ccc(OC)c(OC)c1)S(=O)(=O)c1ccccc1. The van der Waals surface area contributed by atoms with E-state index in [1.54, 1.807) is 30.3 Å². The molecule has 4 rings (SSSR count). The van der Waals surface area contributed by atoms with E-state index in [9.17, 15) is 18.0 Å². The van der Waals surface area contributed by atoms with Crippen molar-refractivity contribution in [1.29, 1.82) is 0 Å². The van der Waals surface area contributed by atoms with Crippen LogP contribution >= 0.6 is 0 Å². The summed E-state index contributed by atoms with van der Waals surface area (Å²) in [6.07, 6.45) is 4.32. The van der Waals surface area contributed by atoms with Crippen molar-refractivity contribution >= 4 is 27.5 Å². The van der Waals surface area contributed by atoms with Crippen LogP contribution in [0.2, 0.25) is 0 Å². The first-order valence-electron chi connectivity index (χ1n) is 14.6. The summed E-state index contributed by atoms with van der Waals surface area (Å²) in [5, 5.41) is 3.14. The van der Waals surface area contributed by atoms with Gasteiger partial charge < -0.3 is 19.7 Å². The molecule has 3 aromatic carbocycles. The predicted molar refractivity (Wildman–Crippen MR) is 167 cm³/mol. The first kappa shape index (κ1) is 31.9. The Balaban J connectivity index is 1.75. The minimum Gasteiger partial charge on any atom is -0.493 e. The number of ether oxygens (including phenoxy) is 2. The topological polar surface area (TPSA) is 105 Å². The highest BCUT2D eigenvalue weighted by molar-refractivity contribution is 7.92. The molecule has 0 saturated heterocycles. The van der Waals surface area contributed by atoms with Crippen LogP contribution in [0, 0.1) is 6.92 Å². The molecule has 1 N–H and O–H groups in total. The van der Waals surface area contributed by atoms with Crippen molar-refractivity contribution in [2.75, 3.05) is 25.1 Å². The summed E-state index contributed by atoms with van der Waals surface area (Å²) in [5.41, 5.74) is 2.08. The van der Waals surface area contributed by atoms with Crippen LogP contribution in [0.15, 0.2) is 77.7 Å². The van der Waals surface area contributed by atoms with Gasteiger partial charge in [0.1, 0.15) is 12.6 Å². The number of nitrogens with one attached hydrogen (secondary N) is 1. The van der Waals surface area contributed by atoms with Gasteiger partial charge in [-0.15, -0.1) is 0 Å². The van der Waals surface area contributed by atoms with E-state index in [-0.39, 0.29) is 29.1 Å². The van der Waals surface area contributed by atoms with E-state index < -0.39 is 28.5 Å². The second-order valence-corrected chi connectivity index (χ2v) is 12.6. The van der Waals surface area contributed by atoms with E-state index in [1.165, 1.54) is 37.3 Å². The average Bonchev–Trinajstić information content (AvgIpc) is 3.53. The van der Waals surface area contributed by atoms with Gasteiger partial charge in [-0.25, -0.2) is 8.42 Å². The molecule has 0 unspecified atom stereocenters. The molecule has 43 heavy (non-hydrogen) atoms. The molecule has 10 heteroatoms. The maximum absolute atomic E-state index is 14.3. The third-order valence-corrected chi connectivity index (χ3v) is 9.74. The number of anilines is 1. The summed E-state index contributed by atoms with van der Waals surface area (Å²) in [6.45, 7) is 3.45. The van der Waals surface area contributed by atoms with E-state index >= 15 is 0 Å². The monoisotopic (exact) mass is 607 g/mol. The Morgan fingerprint density at radius 1 is 0.930 bits per heavy atom. The van der Waals surface area contributed by atoms with E-state index in [2.05, 4.69) is 5.32 Å². The van der Waals surface area contributed by atoms with Crippen molar-refractivity contribution < 1.29 is 27.5 Å². The molecule has 0 radical (unpaired) electrons. The highest BCUT2D eigenvalue weighted by Gasteiger charge is 2.35. The summed E-state index contributed by atoms with van der Waals surface area (Å²) in [7, 11) is -1.24. The molecule has 9 nitrogen and oxygen atoms in total. The normalized spacial score (nSPS) is 14.1. The van der Waals surface area contributed by atoms with Crippen molar-refractivity contribution in [2.45, 2.75) is 69.5 Å². The lowest BCUT2D eigenvalue weighted by Gasteiger charge is -2.34. The fourth-order valence-corrected chi connectivity index (χ4v) is 6.91. The Bertz CT molecular complexity index is 1510. The molecule has 0 aromatic heterocycles. The van der Waals surface area contributed by atoms with Crippen molar-refractivity contribution in [3.63, 3.8) is 0 Å². The molecule has 0 spiro atoms. The molecule has 1 aliphatic carbocycles. The van der Waals surface area contributed by atoms with Gasteiger partial charge in [0, 0.05) is 18.7 Å². The quantitative estimate of drug-likeness (QED) is 0.291. The molecule has 2 amide bonds. The number of carbonyl (C=O) groups is 2. The number of rotatable bonds is 13. The van der Waals surface area contributed by atoms with Gasteiger partial charge in [0.15, 0.2) is 11.5 Å². The van der Waals surface area contributed by atoms with Crippen LogP contribution < -0.4 is 19.1 Å². The lowest BCUT2D eigenvalue weighted by atomic mass is 10.1. The molecule has 1 atom stereocenters. The zero-order valence-electron chi connectivity index (χ0n) is 25.3. The van der Waals surface area contributed by atoms with Crippen LogP contribution in [0.1, 0.15) is 50.2 Å². The molecular formula is C33H41N3O6S. The Hall–Kier alpha value is -4.05. The molecule has 1 aliphatic rings. The number of sulfonamides is 1. The van der Waals surface area contributed by atoms with Gasteiger partial charge in [0.25, 0.3) is 10.0 Å². The Morgan fingerprint density at radius 2 is 1.58 bits per heavy atom. The predicted octanol–water partition coefficient (Wildman–Crippen LogP) is 5.07. The molecule has 1 fully saturated rings. The smallest absolute Gasteiger partial charge is 0.264 e. The van der Waals surface area contributed by atoms with Gasteiger partial charge in [-0.3, -0.25) is 13.9 Å². The van der Waals surface area contributed by atoms with Gasteiger partial charge in [-0.05, 0) is 61.6 Å². The highest BCUT2D eigenvalue weighted by atomic mass is 32.2. The number of hydrogen-bond donors (Lipinski definition) is 1. The zero-order chi connectivity index (χ0) is 31.0. The molecule has 0 aliphatic heterocycles. The summed E-state index contributed by atoms with van der Waals surface area (Å²) in [5.74, 6) is 0.0242. The summed E-state index contributed by atoms with van der Waals surface area (Å²) in [4.78, 5) is 29.5. The van der Waals surface area contributed by atoms with E-state index in [1.807, 2.05) is 38.1 Å². The van der Waals surface area contributed by atoms with E-state index in [0.717, 1.165) is 41.1 Å². The largest absolute Gasteiger partial charge is 0.493 e. The zero-order valence-corrected chi connectivity index (χ0v) is 26.1. The molecule has 0 heterocycles. The first-order chi connectivity index (χ1) is 20.7. The number of amides is 2. The molecule has 0 bridgehead atoms. The van der Waals surface area contributed by atoms with E-state index in [0.29, 0.717) is 17.9 Å². The van der Waals surface area contributed by atoms with Crippen molar-refractivity contribution in [3.8, 4) is 11.5 Å². The summed E-state index contributed by atoms with van der Waals surface area (Å²) >= 11 is 0. The number of aryl methyl sites for hydroxylation is 1. The standard InChI is InChI=1S/C33H41N3O6S/c1-5-29(33(38)34-26-15-11-12-16-26)35(22-25-14-10-9-13-24(25)2)32(37)23-36(43(39,40)28-17-7-6-8-18-28)27-19-20-30(41-3)31(21-27)42-4/h6-10,13-14,17-21,26,29H,5,11-12,15-16,22-23H2,1-4H3,(H,34,38)/t29-/m1/s1. The van der Waals surface area contributed by atoms with Crippen molar-refractivity contribution in [2.24, 2.45) is 0 Å². The van der Waals surface area contributed by atoms with Crippen molar-refractivity contribution in [3.05, 3.63) is 83.9 Å². The lowest BCUT2D eigenvalue weighted by Crippen LogP contribution is -2.53. The molecule has 3 aromatic rings. The fourth-order valence-electron chi connectivity index (χ4n) is 5.49. The second kappa shape index (κ2) is 14.4. The molecule has 1 saturated carbocycles. The van der Waals surface area contributed by atoms with E-state index in [4.69, 9.17) is 9.47 Å². The Kier molecular flexibility index (Phi) is 10.7. The Morgan fingerprint density at radius 3 is 2.21 bits per heavy atom. The van der Waals surface area contributed by atoms with Gasteiger partial charge in [-0.2, -0.15) is 0 Å². The van der Waals surface area contributed by atoms with Crippen LogP contribution in [0.25, 0.3) is 0 Å². The maximum atomic E-state index is 14.3. The third-order valence-electron chi connectivity index (χ3n) is 7.95. The number of benzene rings is 3. The number of nitrogens with zero attached hydrogens (tertiary/aromatic N) is 2. The summed E-state index contributed by atoms with van der Waals surface area (Å²) in [6, 6.07) is 19.7. The number of carbonyl (C=O) groups excluding carboxylic acids is 2. The maximum Gasteiger partial charge on any atom is 0.264 e. The van der Waals surface area contributed by atoms with Gasteiger partial charge in [0.05, 0.1) is 24.8 Å². The second-order valence-electron chi connectivity index (χ2n) is 10.7. The summed E-state index contributed by atoms with van der Waals surface area (Å²) < 4.78 is 40.0. The van der Waals surface area contributed by atoms with Crippen molar-refractivity contribution in [1.82, 2.24) is 10.2 Å². The number of hydrogen-bond acceptors (Lipinski definition) is 6. The average molecular weight is 608 g/mol. The Labute approximate surface area is 254 Å². The van der Waals surface area contributed by atoms with Crippen LogP contribution in [-0.4, -0.2) is 58.0 Å². The number of methoxy groups -OCH3 is 2. The highest BCUT2D eigenvalue weighted by Crippen LogP contribution is 2.34. The van der Waals surface area contributed by atoms with Crippen LogP contribution in [0.4, 0.5) is 5.69 Å². The molecular weight excluding hydrogens is 566 g/mol. The first-order valence-corrected chi connectivity index (χ1v) is 16.1. The minimum absolute atomic E-state index is 0.0362.